The molecule has 196 valence electrons. The topological polar surface area (TPSA) is 84.5 Å². The molecule has 0 saturated heterocycles. The number of carbonyl (C=O) groups excluding carboxylic acids is 3. The van der Waals surface area contributed by atoms with Gasteiger partial charge in [0.05, 0.1) is 12.9 Å². The number of ketones is 1. The van der Waals surface area contributed by atoms with Crippen LogP contribution >= 0.6 is 23.4 Å². The SMILES string of the molecule is COc1ccc(/C=C(\NC(=O)c2ccccc2)C(=O)Nc2cccc(SCC(=O)c3ccc(Cl)cc3)c2)cc1. The number of rotatable bonds is 10. The third-order valence-corrected chi connectivity index (χ3v) is 6.83. The Morgan fingerprint density at radius 2 is 1.56 bits per heavy atom. The van der Waals surface area contributed by atoms with Crippen LogP contribution in [0.5, 0.6) is 5.75 Å². The summed E-state index contributed by atoms with van der Waals surface area (Å²) in [5.74, 6) is -0.0193. The molecule has 6 nitrogen and oxygen atoms in total. The van der Waals surface area contributed by atoms with Gasteiger partial charge in [0.2, 0.25) is 0 Å². The van der Waals surface area contributed by atoms with Gasteiger partial charge in [0.1, 0.15) is 11.4 Å². The Morgan fingerprint density at radius 1 is 0.846 bits per heavy atom. The van der Waals surface area contributed by atoms with E-state index in [-0.39, 0.29) is 17.2 Å². The van der Waals surface area contributed by atoms with Gasteiger partial charge >= 0.3 is 0 Å². The second kappa shape index (κ2) is 13.5. The second-order valence-corrected chi connectivity index (χ2v) is 9.84. The number of anilines is 1. The molecule has 0 unspecified atom stereocenters. The van der Waals surface area contributed by atoms with Crippen molar-refractivity contribution in [3.63, 3.8) is 0 Å². The number of Topliss-reactive ketones (excluding diaryl/α,β-unsaturated/α-hetero) is 1. The molecule has 0 atom stereocenters. The van der Waals surface area contributed by atoms with Crippen molar-refractivity contribution in [3.8, 4) is 5.75 Å². The lowest BCUT2D eigenvalue weighted by Crippen LogP contribution is -2.30. The first-order valence-corrected chi connectivity index (χ1v) is 13.3. The highest BCUT2D eigenvalue weighted by atomic mass is 35.5. The van der Waals surface area contributed by atoms with Gasteiger partial charge in [-0.05, 0) is 78.4 Å². The van der Waals surface area contributed by atoms with Crippen molar-refractivity contribution in [3.05, 3.63) is 131 Å². The smallest absolute Gasteiger partial charge is 0.272 e. The molecule has 0 spiro atoms. The van der Waals surface area contributed by atoms with Gasteiger partial charge in [-0.1, -0.05) is 48.0 Å². The predicted octanol–water partition coefficient (Wildman–Crippen LogP) is 6.73. The van der Waals surface area contributed by atoms with Crippen LogP contribution in [0.4, 0.5) is 5.69 Å². The number of benzene rings is 4. The maximum Gasteiger partial charge on any atom is 0.272 e. The maximum atomic E-state index is 13.3. The van der Waals surface area contributed by atoms with Crippen LogP contribution in [0.15, 0.2) is 114 Å². The highest BCUT2D eigenvalue weighted by molar-refractivity contribution is 8.00. The molecule has 4 aromatic carbocycles. The first-order chi connectivity index (χ1) is 18.9. The summed E-state index contributed by atoms with van der Waals surface area (Å²) in [6, 6.07) is 29.7. The van der Waals surface area contributed by atoms with Crippen LogP contribution in [0.25, 0.3) is 6.08 Å². The average molecular weight is 557 g/mol. The molecule has 2 N–H and O–H groups in total. The fourth-order valence-corrected chi connectivity index (χ4v) is 4.51. The van der Waals surface area contributed by atoms with Gasteiger partial charge in [0, 0.05) is 26.7 Å². The molecule has 0 radical (unpaired) electrons. The number of hydrogen-bond acceptors (Lipinski definition) is 5. The predicted molar refractivity (Wildman–Crippen MR) is 156 cm³/mol. The van der Waals surface area contributed by atoms with Gasteiger partial charge in [0.25, 0.3) is 11.8 Å². The quantitative estimate of drug-likeness (QED) is 0.128. The van der Waals surface area contributed by atoms with E-state index in [1.54, 1.807) is 104 Å². The molecule has 39 heavy (non-hydrogen) atoms. The van der Waals surface area contributed by atoms with Crippen LogP contribution in [-0.4, -0.2) is 30.5 Å². The lowest BCUT2D eigenvalue weighted by atomic mass is 10.1. The summed E-state index contributed by atoms with van der Waals surface area (Å²) in [7, 11) is 1.57. The number of carbonyl (C=O) groups is 3. The molecule has 8 heteroatoms. The third-order valence-electron chi connectivity index (χ3n) is 5.58. The molecule has 4 aromatic rings. The molecule has 0 aliphatic heterocycles. The minimum atomic E-state index is -0.491. The summed E-state index contributed by atoms with van der Waals surface area (Å²) in [5, 5.41) is 6.15. The normalized spacial score (nSPS) is 11.0. The molecule has 2 amide bonds. The molecule has 4 rings (SSSR count). The van der Waals surface area contributed by atoms with Crippen molar-refractivity contribution in [1.82, 2.24) is 5.32 Å². The first-order valence-electron chi connectivity index (χ1n) is 12.0. The average Bonchev–Trinajstić information content (AvgIpc) is 2.97. The third kappa shape index (κ3) is 8.07. The standard InChI is InChI=1S/C31H25ClN2O4S/c1-38-26-16-10-21(11-17-26)18-28(34-30(36)23-6-3-2-4-7-23)31(37)33-25-8-5-9-27(19-25)39-20-29(35)22-12-14-24(32)15-13-22/h2-19H,20H2,1H3,(H,33,37)(H,34,36)/b28-18-. The summed E-state index contributed by atoms with van der Waals surface area (Å²) in [6.45, 7) is 0. The molecule has 0 heterocycles. The first kappa shape index (κ1) is 27.7. The number of halogens is 1. The highest BCUT2D eigenvalue weighted by Crippen LogP contribution is 2.24. The summed E-state index contributed by atoms with van der Waals surface area (Å²) >= 11 is 7.26. The lowest BCUT2D eigenvalue weighted by Gasteiger charge is -2.12. The summed E-state index contributed by atoms with van der Waals surface area (Å²) in [6.07, 6.45) is 1.60. The van der Waals surface area contributed by atoms with Crippen LogP contribution < -0.4 is 15.4 Å². The van der Waals surface area contributed by atoms with E-state index in [9.17, 15) is 14.4 Å². The van der Waals surface area contributed by atoms with Crippen LogP contribution in [0.3, 0.4) is 0 Å². The van der Waals surface area contributed by atoms with E-state index >= 15 is 0 Å². The van der Waals surface area contributed by atoms with Gasteiger partial charge in [-0.25, -0.2) is 0 Å². The molecular weight excluding hydrogens is 532 g/mol. The van der Waals surface area contributed by atoms with Crippen LogP contribution in [0, 0.1) is 0 Å². The Kier molecular flexibility index (Phi) is 9.56. The number of methoxy groups -OCH3 is 1. The van der Waals surface area contributed by atoms with Gasteiger partial charge < -0.3 is 15.4 Å². The Labute approximate surface area is 236 Å². The van der Waals surface area contributed by atoms with Gasteiger partial charge in [-0.3, -0.25) is 14.4 Å². The molecule has 0 aromatic heterocycles. The number of nitrogens with one attached hydrogen (secondary N) is 2. The molecule has 0 aliphatic rings. The maximum absolute atomic E-state index is 13.3. The Balaban J connectivity index is 1.49. The number of ether oxygens (including phenoxy) is 1. The summed E-state index contributed by atoms with van der Waals surface area (Å²) in [5.41, 5.74) is 2.32. The highest BCUT2D eigenvalue weighted by Gasteiger charge is 2.16. The second-order valence-electron chi connectivity index (χ2n) is 8.35. The van der Waals surface area contributed by atoms with Crippen molar-refractivity contribution in [2.75, 3.05) is 18.2 Å². The van der Waals surface area contributed by atoms with Gasteiger partial charge in [-0.15, -0.1) is 11.8 Å². The van der Waals surface area contributed by atoms with Crippen molar-refractivity contribution < 1.29 is 19.1 Å². The van der Waals surface area contributed by atoms with Gasteiger partial charge in [-0.2, -0.15) is 0 Å². The van der Waals surface area contributed by atoms with Gasteiger partial charge in [0.15, 0.2) is 5.78 Å². The number of thioether (sulfide) groups is 1. The minimum absolute atomic E-state index is 0.0283. The fraction of sp³-hybridized carbons (Fsp3) is 0.0645. The van der Waals surface area contributed by atoms with Crippen molar-refractivity contribution in [2.45, 2.75) is 4.90 Å². The Bertz CT molecular complexity index is 1490. The minimum Gasteiger partial charge on any atom is -0.497 e. The largest absolute Gasteiger partial charge is 0.497 e. The summed E-state index contributed by atoms with van der Waals surface area (Å²) < 4.78 is 5.20. The van der Waals surface area contributed by atoms with Crippen LogP contribution in [-0.2, 0) is 4.79 Å². The zero-order chi connectivity index (χ0) is 27.6. The zero-order valence-electron chi connectivity index (χ0n) is 21.0. The van der Waals surface area contributed by atoms with E-state index in [4.69, 9.17) is 16.3 Å². The Morgan fingerprint density at radius 3 is 2.26 bits per heavy atom. The van der Waals surface area contributed by atoms with Crippen molar-refractivity contribution >= 4 is 52.7 Å². The van der Waals surface area contributed by atoms with Crippen molar-refractivity contribution in [2.24, 2.45) is 0 Å². The molecule has 0 bridgehead atoms. The van der Waals surface area contributed by atoms with E-state index in [0.717, 1.165) is 4.90 Å². The van der Waals surface area contributed by atoms with E-state index in [2.05, 4.69) is 10.6 Å². The fourth-order valence-electron chi connectivity index (χ4n) is 3.54. The van der Waals surface area contributed by atoms with E-state index < -0.39 is 11.8 Å². The zero-order valence-corrected chi connectivity index (χ0v) is 22.6. The molecule has 0 aliphatic carbocycles. The monoisotopic (exact) mass is 556 g/mol. The van der Waals surface area contributed by atoms with E-state index in [0.29, 0.717) is 33.1 Å². The molecular formula is C31H25ClN2O4S. The van der Waals surface area contributed by atoms with Crippen LogP contribution in [0.2, 0.25) is 5.02 Å². The van der Waals surface area contributed by atoms with E-state index in [1.165, 1.54) is 11.8 Å². The van der Waals surface area contributed by atoms with Crippen molar-refractivity contribution in [1.29, 1.82) is 0 Å². The Hall–Kier alpha value is -4.33. The summed E-state index contributed by atoms with van der Waals surface area (Å²) in [4.78, 5) is 39.5. The van der Waals surface area contributed by atoms with Crippen LogP contribution in [0.1, 0.15) is 26.3 Å². The van der Waals surface area contributed by atoms with E-state index in [1.807, 2.05) is 12.1 Å². The molecule has 0 saturated carbocycles. The lowest BCUT2D eigenvalue weighted by molar-refractivity contribution is -0.113. The number of amides is 2. The number of hydrogen-bond donors (Lipinski definition) is 2. The molecule has 0 fully saturated rings.